The molecule has 0 aliphatic carbocycles. The molecule has 134 valence electrons. The predicted octanol–water partition coefficient (Wildman–Crippen LogP) is 2.87. The van der Waals surface area contributed by atoms with E-state index >= 15 is 0 Å². The summed E-state index contributed by atoms with van der Waals surface area (Å²) in [5.74, 6) is -0.996. The zero-order valence-corrected chi connectivity index (χ0v) is 15.0. The average molecular weight is 370 g/mol. The molecule has 0 radical (unpaired) electrons. The van der Waals surface area contributed by atoms with Crippen LogP contribution in [0.25, 0.3) is 0 Å². The highest BCUT2D eigenvalue weighted by Gasteiger charge is 2.40. The van der Waals surface area contributed by atoms with Crippen LogP contribution >= 0.6 is 11.8 Å². The number of amides is 2. The summed E-state index contributed by atoms with van der Waals surface area (Å²) in [7, 11) is 0. The Labute approximate surface area is 155 Å². The van der Waals surface area contributed by atoms with Crippen LogP contribution in [-0.4, -0.2) is 29.6 Å². The first kappa shape index (κ1) is 18.0. The minimum Gasteiger partial charge on any atom is -0.462 e. The second-order valence-corrected chi connectivity index (χ2v) is 6.93. The van der Waals surface area contributed by atoms with Gasteiger partial charge in [-0.05, 0) is 43.3 Å². The van der Waals surface area contributed by atoms with Crippen molar-refractivity contribution in [2.24, 2.45) is 0 Å². The zero-order chi connectivity index (χ0) is 18.7. The van der Waals surface area contributed by atoms with E-state index in [9.17, 15) is 14.4 Å². The number of anilines is 2. The van der Waals surface area contributed by atoms with E-state index in [0.717, 1.165) is 9.80 Å². The Morgan fingerprint density at radius 1 is 1.19 bits per heavy atom. The fourth-order valence-electron chi connectivity index (χ4n) is 2.67. The maximum Gasteiger partial charge on any atom is 0.338 e. The lowest BCUT2D eigenvalue weighted by Gasteiger charge is -2.15. The first-order valence-electron chi connectivity index (χ1n) is 8.16. The summed E-state index contributed by atoms with van der Waals surface area (Å²) in [6.07, 6.45) is 0.109. The molecule has 7 heteroatoms. The van der Waals surface area contributed by atoms with Gasteiger partial charge in [0, 0.05) is 17.0 Å². The van der Waals surface area contributed by atoms with Crippen LogP contribution in [0, 0.1) is 0 Å². The maximum absolute atomic E-state index is 12.7. The number of para-hydroxylation sites is 1. The Balaban J connectivity index is 1.77. The molecule has 2 aromatic rings. The molecule has 0 unspecified atom stereocenters. The molecule has 1 aliphatic heterocycles. The van der Waals surface area contributed by atoms with Crippen LogP contribution in [0.15, 0.2) is 53.4 Å². The van der Waals surface area contributed by atoms with Gasteiger partial charge in [-0.3, -0.25) is 9.59 Å². The number of nitrogens with two attached hydrogens (primary N) is 1. The first-order valence-corrected chi connectivity index (χ1v) is 9.04. The summed E-state index contributed by atoms with van der Waals surface area (Å²) in [4.78, 5) is 38.7. The van der Waals surface area contributed by atoms with Gasteiger partial charge in [0.1, 0.15) is 0 Å². The molecule has 1 aliphatic rings. The van der Waals surface area contributed by atoms with Gasteiger partial charge in [-0.2, -0.15) is 0 Å². The number of hydrogen-bond acceptors (Lipinski definition) is 6. The molecule has 2 N–H and O–H groups in total. The molecule has 0 aromatic heterocycles. The maximum atomic E-state index is 12.7. The number of benzene rings is 2. The molecule has 1 heterocycles. The number of carbonyl (C=O) groups excluding carboxylic acids is 3. The summed E-state index contributed by atoms with van der Waals surface area (Å²) < 4.78 is 4.93. The molecule has 2 amide bonds. The van der Waals surface area contributed by atoms with Crippen molar-refractivity contribution in [2.45, 2.75) is 23.5 Å². The minimum absolute atomic E-state index is 0.109. The van der Waals surface area contributed by atoms with Gasteiger partial charge in [0.25, 0.3) is 0 Å². The van der Waals surface area contributed by atoms with E-state index in [1.54, 1.807) is 37.3 Å². The normalized spacial score (nSPS) is 16.8. The summed E-state index contributed by atoms with van der Waals surface area (Å²) >= 11 is 1.29. The van der Waals surface area contributed by atoms with E-state index < -0.39 is 11.2 Å². The molecule has 3 rings (SSSR count). The van der Waals surface area contributed by atoms with Crippen LogP contribution in [0.3, 0.4) is 0 Å². The number of carbonyl (C=O) groups is 3. The van der Waals surface area contributed by atoms with Crippen LogP contribution < -0.4 is 10.6 Å². The Morgan fingerprint density at radius 2 is 1.88 bits per heavy atom. The molecule has 26 heavy (non-hydrogen) atoms. The number of nitrogens with zero attached hydrogens (tertiary/aromatic N) is 1. The third-order valence-corrected chi connectivity index (χ3v) is 5.21. The van der Waals surface area contributed by atoms with Crippen LogP contribution in [0.5, 0.6) is 0 Å². The molecule has 1 fully saturated rings. The third kappa shape index (κ3) is 3.57. The number of thioether (sulfide) groups is 1. The first-order chi connectivity index (χ1) is 12.5. The Hall–Kier alpha value is -2.80. The van der Waals surface area contributed by atoms with Gasteiger partial charge in [0.15, 0.2) is 0 Å². The summed E-state index contributed by atoms with van der Waals surface area (Å²) in [5, 5.41) is -0.517. The third-order valence-electron chi connectivity index (χ3n) is 3.93. The smallest absolute Gasteiger partial charge is 0.338 e. The molecule has 0 spiro atoms. The second-order valence-electron chi connectivity index (χ2n) is 5.68. The van der Waals surface area contributed by atoms with Crippen LogP contribution in [0.2, 0.25) is 0 Å². The SMILES string of the molecule is CCOC(=O)c1ccc(N2C(=O)C[C@@H](Sc3ccccc3N)C2=O)cc1. The van der Waals surface area contributed by atoms with Gasteiger partial charge in [0.05, 0.1) is 23.1 Å². The minimum atomic E-state index is -0.517. The Bertz CT molecular complexity index is 851. The van der Waals surface area contributed by atoms with Crippen molar-refractivity contribution in [3.05, 3.63) is 54.1 Å². The Morgan fingerprint density at radius 3 is 2.54 bits per heavy atom. The highest BCUT2D eigenvalue weighted by molar-refractivity contribution is 8.00. The number of rotatable bonds is 5. The largest absolute Gasteiger partial charge is 0.462 e. The summed E-state index contributed by atoms with van der Waals surface area (Å²) in [6, 6.07) is 13.5. The molecule has 2 aromatic carbocycles. The van der Waals surface area contributed by atoms with Crippen molar-refractivity contribution < 1.29 is 19.1 Å². The molecule has 1 atom stereocenters. The van der Waals surface area contributed by atoms with E-state index in [-0.39, 0.29) is 24.8 Å². The standard InChI is InChI=1S/C19H18N2O4S/c1-2-25-19(24)12-7-9-13(10-8-12)21-17(22)11-16(18(21)23)26-15-6-4-3-5-14(15)20/h3-10,16H,2,11,20H2,1H3/t16-/m1/s1. The molecule has 1 saturated heterocycles. The average Bonchev–Trinajstić information content (AvgIpc) is 2.91. The second kappa shape index (κ2) is 7.61. The number of esters is 1. The molecule has 6 nitrogen and oxygen atoms in total. The quantitative estimate of drug-likeness (QED) is 0.494. The number of imide groups is 1. The van der Waals surface area contributed by atoms with E-state index in [4.69, 9.17) is 10.5 Å². The van der Waals surface area contributed by atoms with Gasteiger partial charge in [-0.1, -0.05) is 12.1 Å². The molecular weight excluding hydrogens is 352 g/mol. The van der Waals surface area contributed by atoms with Crippen molar-refractivity contribution in [3.8, 4) is 0 Å². The lowest BCUT2D eigenvalue weighted by molar-refractivity contribution is -0.121. The molecule has 0 saturated carbocycles. The van der Waals surface area contributed by atoms with Gasteiger partial charge < -0.3 is 10.5 Å². The van der Waals surface area contributed by atoms with Crippen molar-refractivity contribution in [3.63, 3.8) is 0 Å². The van der Waals surface area contributed by atoms with Crippen molar-refractivity contribution in [1.82, 2.24) is 0 Å². The highest BCUT2D eigenvalue weighted by Crippen LogP contribution is 2.36. The van der Waals surface area contributed by atoms with Crippen LogP contribution in [0.1, 0.15) is 23.7 Å². The van der Waals surface area contributed by atoms with Gasteiger partial charge >= 0.3 is 5.97 Å². The van der Waals surface area contributed by atoms with Crippen molar-refractivity contribution >= 4 is 40.9 Å². The zero-order valence-electron chi connectivity index (χ0n) is 14.2. The fraction of sp³-hybridized carbons (Fsp3) is 0.211. The van der Waals surface area contributed by atoms with Crippen LogP contribution in [0.4, 0.5) is 11.4 Å². The molecule has 0 bridgehead atoms. The highest BCUT2D eigenvalue weighted by atomic mass is 32.2. The monoisotopic (exact) mass is 370 g/mol. The van der Waals surface area contributed by atoms with Crippen molar-refractivity contribution in [1.29, 1.82) is 0 Å². The summed E-state index contributed by atoms with van der Waals surface area (Å²) in [6.45, 7) is 2.01. The topological polar surface area (TPSA) is 89.7 Å². The van der Waals surface area contributed by atoms with E-state index in [1.165, 1.54) is 11.8 Å². The summed E-state index contributed by atoms with van der Waals surface area (Å²) in [5.41, 5.74) is 7.31. The Kier molecular flexibility index (Phi) is 5.27. The van der Waals surface area contributed by atoms with E-state index in [0.29, 0.717) is 16.9 Å². The lowest BCUT2D eigenvalue weighted by Crippen LogP contribution is -2.31. The van der Waals surface area contributed by atoms with Gasteiger partial charge in [-0.15, -0.1) is 11.8 Å². The number of nitrogen functional groups attached to an aromatic ring is 1. The fourth-order valence-corrected chi connectivity index (χ4v) is 3.77. The van der Waals surface area contributed by atoms with E-state index in [2.05, 4.69) is 0 Å². The molecular formula is C19H18N2O4S. The lowest BCUT2D eigenvalue weighted by atomic mass is 10.2. The van der Waals surface area contributed by atoms with Crippen LogP contribution in [-0.2, 0) is 14.3 Å². The predicted molar refractivity (Wildman–Crippen MR) is 100 cm³/mol. The number of hydrogen-bond donors (Lipinski definition) is 1. The van der Waals surface area contributed by atoms with Gasteiger partial charge in [-0.25, -0.2) is 9.69 Å². The van der Waals surface area contributed by atoms with Gasteiger partial charge in [0.2, 0.25) is 11.8 Å². The van der Waals surface area contributed by atoms with E-state index in [1.807, 2.05) is 18.2 Å². The van der Waals surface area contributed by atoms with Crippen molar-refractivity contribution in [2.75, 3.05) is 17.2 Å². The number of ether oxygens (including phenoxy) is 1.